The van der Waals surface area contributed by atoms with Gasteiger partial charge >= 0.3 is 0 Å². The van der Waals surface area contributed by atoms with Crippen LogP contribution in [-0.2, 0) is 19.5 Å². The molecule has 0 radical (unpaired) electrons. The van der Waals surface area contributed by atoms with Gasteiger partial charge in [-0.15, -0.1) is 11.3 Å². The minimum atomic E-state index is 0.0944. The van der Waals surface area contributed by atoms with Crippen LogP contribution < -0.4 is 15.0 Å². The SMILES string of the molecule is COc1ccc(CN2CCc3nc4c(C)csc4c(=O)n3CC2)c(OC)c1. The van der Waals surface area contributed by atoms with Crippen LogP contribution in [0, 0.1) is 6.92 Å². The Kier molecular flexibility index (Phi) is 4.88. The van der Waals surface area contributed by atoms with Crippen molar-refractivity contribution >= 4 is 21.6 Å². The molecule has 0 spiro atoms. The maximum Gasteiger partial charge on any atom is 0.271 e. The van der Waals surface area contributed by atoms with Crippen LogP contribution >= 0.6 is 11.3 Å². The van der Waals surface area contributed by atoms with E-state index in [4.69, 9.17) is 14.5 Å². The zero-order chi connectivity index (χ0) is 19.0. The van der Waals surface area contributed by atoms with Gasteiger partial charge in [-0.05, 0) is 23.9 Å². The van der Waals surface area contributed by atoms with Crippen molar-refractivity contribution in [3.05, 3.63) is 50.9 Å². The second-order valence-electron chi connectivity index (χ2n) is 6.79. The van der Waals surface area contributed by atoms with Gasteiger partial charge in [-0.2, -0.15) is 0 Å². The Bertz CT molecular complexity index is 1040. The summed E-state index contributed by atoms with van der Waals surface area (Å²) in [6.45, 7) is 5.10. The molecule has 0 N–H and O–H groups in total. The number of benzene rings is 1. The van der Waals surface area contributed by atoms with Gasteiger partial charge in [0.15, 0.2) is 0 Å². The molecule has 0 unspecified atom stereocenters. The number of aryl methyl sites for hydroxylation is 1. The molecule has 6 nitrogen and oxygen atoms in total. The number of fused-ring (bicyclic) bond motifs is 2. The third-order valence-electron chi connectivity index (χ3n) is 5.11. The number of rotatable bonds is 4. The van der Waals surface area contributed by atoms with Crippen molar-refractivity contribution in [1.29, 1.82) is 0 Å². The van der Waals surface area contributed by atoms with E-state index in [1.54, 1.807) is 14.2 Å². The summed E-state index contributed by atoms with van der Waals surface area (Å²) in [6.07, 6.45) is 0.763. The van der Waals surface area contributed by atoms with Crippen LogP contribution in [0.4, 0.5) is 0 Å². The highest BCUT2D eigenvalue weighted by atomic mass is 32.1. The number of methoxy groups -OCH3 is 2. The van der Waals surface area contributed by atoms with E-state index in [2.05, 4.69) is 4.90 Å². The zero-order valence-electron chi connectivity index (χ0n) is 15.8. The molecule has 4 rings (SSSR count). The average Bonchev–Trinajstić information content (AvgIpc) is 2.93. The molecule has 1 aromatic carbocycles. The Labute approximate surface area is 162 Å². The topological polar surface area (TPSA) is 56.6 Å². The first-order valence-electron chi connectivity index (χ1n) is 9.01. The van der Waals surface area contributed by atoms with Gasteiger partial charge in [0.1, 0.15) is 22.0 Å². The van der Waals surface area contributed by atoms with Gasteiger partial charge in [0.25, 0.3) is 5.56 Å². The molecule has 27 heavy (non-hydrogen) atoms. The van der Waals surface area contributed by atoms with Crippen LogP contribution in [0.3, 0.4) is 0 Å². The van der Waals surface area contributed by atoms with Crippen LogP contribution in [0.25, 0.3) is 10.2 Å². The maximum absolute atomic E-state index is 12.9. The summed E-state index contributed by atoms with van der Waals surface area (Å²) in [4.78, 5) is 20.0. The fraction of sp³-hybridized carbons (Fsp3) is 0.400. The first kappa shape index (κ1) is 18.0. The Morgan fingerprint density at radius 2 is 2.04 bits per heavy atom. The molecule has 3 heterocycles. The van der Waals surface area contributed by atoms with E-state index in [-0.39, 0.29) is 5.56 Å². The number of aromatic nitrogens is 2. The van der Waals surface area contributed by atoms with Gasteiger partial charge in [0, 0.05) is 44.2 Å². The fourth-order valence-corrected chi connectivity index (χ4v) is 4.51. The molecule has 2 aromatic heterocycles. The predicted molar refractivity (Wildman–Crippen MR) is 107 cm³/mol. The largest absolute Gasteiger partial charge is 0.497 e. The van der Waals surface area contributed by atoms with E-state index in [0.29, 0.717) is 6.54 Å². The Morgan fingerprint density at radius 3 is 2.81 bits per heavy atom. The third-order valence-corrected chi connectivity index (χ3v) is 6.19. The number of thiophene rings is 1. The quantitative estimate of drug-likeness (QED) is 0.691. The van der Waals surface area contributed by atoms with Crippen LogP contribution in [0.5, 0.6) is 11.5 Å². The minimum Gasteiger partial charge on any atom is -0.497 e. The number of ether oxygens (including phenoxy) is 2. The first-order valence-corrected chi connectivity index (χ1v) is 9.89. The zero-order valence-corrected chi connectivity index (χ0v) is 16.6. The predicted octanol–water partition coefficient (Wildman–Crippen LogP) is 2.84. The summed E-state index contributed by atoms with van der Waals surface area (Å²) in [6, 6.07) is 5.90. The van der Waals surface area contributed by atoms with Gasteiger partial charge in [-0.3, -0.25) is 14.3 Å². The molecule has 0 atom stereocenters. The molecule has 0 saturated carbocycles. The van der Waals surface area contributed by atoms with Gasteiger partial charge < -0.3 is 9.47 Å². The summed E-state index contributed by atoms with van der Waals surface area (Å²) in [5, 5.41) is 2.02. The third kappa shape index (κ3) is 3.33. The Balaban J connectivity index is 1.58. The Morgan fingerprint density at radius 1 is 1.19 bits per heavy atom. The molecule has 1 aliphatic rings. The average molecular weight is 385 g/mol. The highest BCUT2D eigenvalue weighted by Crippen LogP contribution is 2.26. The molecule has 7 heteroatoms. The van der Waals surface area contributed by atoms with Crippen molar-refractivity contribution in [3.63, 3.8) is 0 Å². The van der Waals surface area contributed by atoms with Gasteiger partial charge in [-0.25, -0.2) is 4.98 Å². The molecule has 3 aromatic rings. The van der Waals surface area contributed by atoms with Crippen molar-refractivity contribution in [2.75, 3.05) is 27.3 Å². The molecule has 1 aliphatic heterocycles. The number of nitrogens with zero attached hydrogens (tertiary/aromatic N) is 3. The molecule has 0 aliphatic carbocycles. The van der Waals surface area contributed by atoms with Crippen molar-refractivity contribution in [2.45, 2.75) is 26.4 Å². The summed E-state index contributed by atoms with van der Waals surface area (Å²) >= 11 is 1.49. The fourth-order valence-electron chi connectivity index (χ4n) is 3.57. The maximum atomic E-state index is 12.9. The monoisotopic (exact) mass is 385 g/mol. The summed E-state index contributed by atoms with van der Waals surface area (Å²) in [5.74, 6) is 2.49. The normalized spacial score (nSPS) is 14.8. The van der Waals surface area contributed by atoms with Crippen molar-refractivity contribution < 1.29 is 9.47 Å². The highest BCUT2D eigenvalue weighted by Gasteiger charge is 2.20. The van der Waals surface area contributed by atoms with E-state index >= 15 is 0 Å². The molecule has 0 bridgehead atoms. The van der Waals surface area contributed by atoms with Crippen LogP contribution in [0.1, 0.15) is 17.0 Å². The highest BCUT2D eigenvalue weighted by molar-refractivity contribution is 7.17. The van der Waals surface area contributed by atoms with Gasteiger partial charge in [0.2, 0.25) is 0 Å². The van der Waals surface area contributed by atoms with E-state index < -0.39 is 0 Å². The number of hydrogen-bond acceptors (Lipinski definition) is 6. The van der Waals surface area contributed by atoms with Gasteiger partial charge in [-0.1, -0.05) is 6.07 Å². The number of hydrogen-bond donors (Lipinski definition) is 0. The second kappa shape index (κ2) is 7.32. The second-order valence-corrected chi connectivity index (χ2v) is 7.66. The smallest absolute Gasteiger partial charge is 0.271 e. The van der Waals surface area contributed by atoms with Crippen LogP contribution in [0.2, 0.25) is 0 Å². The first-order chi connectivity index (χ1) is 13.1. The lowest BCUT2D eigenvalue weighted by molar-refractivity contribution is 0.266. The lowest BCUT2D eigenvalue weighted by Crippen LogP contribution is -2.28. The van der Waals surface area contributed by atoms with E-state index in [0.717, 1.165) is 64.7 Å². The van der Waals surface area contributed by atoms with Gasteiger partial charge in [0.05, 0.1) is 19.7 Å². The summed E-state index contributed by atoms with van der Waals surface area (Å²) < 4.78 is 13.4. The lowest BCUT2D eigenvalue weighted by atomic mass is 10.1. The van der Waals surface area contributed by atoms with Crippen LogP contribution in [0.15, 0.2) is 28.4 Å². The van der Waals surface area contributed by atoms with Crippen molar-refractivity contribution in [3.8, 4) is 11.5 Å². The molecular formula is C20H23N3O3S. The summed E-state index contributed by atoms with van der Waals surface area (Å²) in [7, 11) is 3.33. The Hall–Kier alpha value is -2.38. The lowest BCUT2D eigenvalue weighted by Gasteiger charge is -2.21. The summed E-state index contributed by atoms with van der Waals surface area (Å²) in [5.41, 5.74) is 3.15. The standard InChI is InChI=1S/C20H23N3O3S/c1-13-12-27-19-18(13)21-17-6-7-22(8-9-23(17)20(19)24)11-14-4-5-15(25-2)10-16(14)26-3/h4-5,10,12H,6-9,11H2,1-3H3. The minimum absolute atomic E-state index is 0.0944. The van der Waals surface area contributed by atoms with Crippen molar-refractivity contribution in [2.24, 2.45) is 0 Å². The molecule has 142 valence electrons. The van der Waals surface area contributed by atoms with E-state index in [1.165, 1.54) is 11.3 Å². The van der Waals surface area contributed by atoms with Crippen molar-refractivity contribution in [1.82, 2.24) is 14.5 Å². The molecule has 0 saturated heterocycles. The molecular weight excluding hydrogens is 362 g/mol. The van der Waals surface area contributed by atoms with E-state index in [9.17, 15) is 4.79 Å². The van der Waals surface area contributed by atoms with E-state index in [1.807, 2.05) is 35.1 Å². The molecule has 0 fully saturated rings. The molecule has 0 amide bonds. The van der Waals surface area contributed by atoms with Crippen LogP contribution in [-0.4, -0.2) is 41.8 Å².